The summed E-state index contributed by atoms with van der Waals surface area (Å²) in [7, 11) is 1.62. The van der Waals surface area contributed by atoms with Crippen LogP contribution in [-0.4, -0.2) is 9.78 Å². The van der Waals surface area contributed by atoms with Crippen molar-refractivity contribution in [2.75, 3.05) is 0 Å². The van der Waals surface area contributed by atoms with Crippen LogP contribution in [0.5, 0.6) is 11.5 Å². The second-order valence-corrected chi connectivity index (χ2v) is 5.57. The molecule has 0 aliphatic heterocycles. The van der Waals surface area contributed by atoms with Crippen LogP contribution in [0.4, 0.5) is 0 Å². The molecule has 110 valence electrons. The fraction of sp³-hybridized carbons (Fsp3) is 0.0588. The minimum atomic E-state index is -0.221. The number of aryl methyl sites for hydroxylation is 1. The Labute approximate surface area is 136 Å². The van der Waals surface area contributed by atoms with Gasteiger partial charge in [-0.05, 0) is 28.1 Å². The lowest BCUT2D eigenvalue weighted by molar-refractivity contribution is 0.472. The zero-order valence-electron chi connectivity index (χ0n) is 11.9. The van der Waals surface area contributed by atoms with Gasteiger partial charge in [-0.15, -0.1) is 0 Å². The zero-order valence-corrected chi connectivity index (χ0v) is 13.4. The van der Waals surface area contributed by atoms with E-state index in [0.717, 1.165) is 10.0 Å². The molecule has 0 N–H and O–H groups in total. The largest absolute Gasteiger partial charge is 0.454 e. The lowest BCUT2D eigenvalue weighted by atomic mass is 10.1. The SMILES string of the molecule is Cn1nc(-c2ccccc2)c(Oc2ccccc2Br)cc1=O. The molecule has 0 fully saturated rings. The van der Waals surface area contributed by atoms with Crippen molar-refractivity contribution in [1.82, 2.24) is 9.78 Å². The van der Waals surface area contributed by atoms with E-state index in [2.05, 4.69) is 21.0 Å². The first kappa shape index (κ1) is 14.5. The van der Waals surface area contributed by atoms with Gasteiger partial charge in [0.15, 0.2) is 5.75 Å². The summed E-state index contributed by atoms with van der Waals surface area (Å²) in [5.41, 5.74) is 1.29. The second-order valence-electron chi connectivity index (χ2n) is 4.72. The van der Waals surface area contributed by atoms with Crippen LogP contribution in [-0.2, 0) is 7.05 Å². The number of ether oxygens (including phenoxy) is 1. The Morgan fingerprint density at radius 2 is 1.68 bits per heavy atom. The van der Waals surface area contributed by atoms with Gasteiger partial charge in [-0.3, -0.25) is 4.79 Å². The van der Waals surface area contributed by atoms with Gasteiger partial charge >= 0.3 is 0 Å². The number of nitrogens with zero attached hydrogens (tertiary/aromatic N) is 2. The molecule has 0 bridgehead atoms. The number of hydrogen-bond donors (Lipinski definition) is 0. The summed E-state index contributed by atoms with van der Waals surface area (Å²) in [6.07, 6.45) is 0. The van der Waals surface area contributed by atoms with Crippen molar-refractivity contribution < 1.29 is 4.74 Å². The monoisotopic (exact) mass is 356 g/mol. The molecule has 0 aliphatic carbocycles. The lowest BCUT2D eigenvalue weighted by Gasteiger charge is -2.12. The van der Waals surface area contributed by atoms with E-state index < -0.39 is 0 Å². The molecule has 1 heterocycles. The highest BCUT2D eigenvalue weighted by molar-refractivity contribution is 9.10. The molecule has 2 aromatic carbocycles. The van der Waals surface area contributed by atoms with Crippen LogP contribution in [0.15, 0.2) is 69.9 Å². The normalized spacial score (nSPS) is 10.5. The highest BCUT2D eigenvalue weighted by Crippen LogP contribution is 2.33. The molecule has 0 unspecified atom stereocenters. The minimum Gasteiger partial charge on any atom is -0.454 e. The van der Waals surface area contributed by atoms with E-state index in [1.54, 1.807) is 7.05 Å². The van der Waals surface area contributed by atoms with Crippen molar-refractivity contribution in [2.45, 2.75) is 0 Å². The Balaban J connectivity index is 2.13. The third-order valence-electron chi connectivity index (χ3n) is 3.16. The lowest BCUT2D eigenvalue weighted by Crippen LogP contribution is -2.19. The van der Waals surface area contributed by atoms with Crippen LogP contribution in [0.1, 0.15) is 0 Å². The van der Waals surface area contributed by atoms with E-state index in [4.69, 9.17) is 4.74 Å². The van der Waals surface area contributed by atoms with E-state index in [0.29, 0.717) is 17.2 Å². The average molecular weight is 357 g/mol. The third kappa shape index (κ3) is 2.94. The van der Waals surface area contributed by atoms with E-state index in [-0.39, 0.29) is 5.56 Å². The summed E-state index contributed by atoms with van der Waals surface area (Å²) in [6.45, 7) is 0. The van der Waals surface area contributed by atoms with Gasteiger partial charge in [-0.1, -0.05) is 42.5 Å². The van der Waals surface area contributed by atoms with Gasteiger partial charge < -0.3 is 4.74 Å². The first-order chi connectivity index (χ1) is 10.6. The molecule has 3 aromatic rings. The van der Waals surface area contributed by atoms with E-state index in [9.17, 15) is 4.79 Å². The van der Waals surface area contributed by atoms with Crippen molar-refractivity contribution in [2.24, 2.45) is 7.05 Å². The van der Waals surface area contributed by atoms with Crippen molar-refractivity contribution in [3.05, 3.63) is 75.5 Å². The number of rotatable bonds is 3. The van der Waals surface area contributed by atoms with Crippen molar-refractivity contribution >= 4 is 15.9 Å². The Kier molecular flexibility index (Phi) is 4.06. The molecular formula is C17H13BrN2O2. The smallest absolute Gasteiger partial charge is 0.270 e. The molecule has 0 saturated heterocycles. The molecular weight excluding hydrogens is 344 g/mol. The van der Waals surface area contributed by atoms with E-state index in [1.165, 1.54) is 10.7 Å². The van der Waals surface area contributed by atoms with Crippen LogP contribution in [0.3, 0.4) is 0 Å². The standard InChI is InChI=1S/C17H13BrN2O2/c1-20-16(21)11-15(22-14-10-6-5-9-13(14)18)17(19-20)12-7-3-2-4-8-12/h2-11H,1H3. The molecule has 0 radical (unpaired) electrons. The zero-order chi connectivity index (χ0) is 15.5. The molecule has 4 nitrogen and oxygen atoms in total. The molecule has 1 aromatic heterocycles. The molecule has 0 atom stereocenters. The number of benzene rings is 2. The molecule has 3 rings (SSSR count). The number of halogens is 1. The molecule has 5 heteroatoms. The number of para-hydroxylation sites is 1. The van der Waals surface area contributed by atoms with Gasteiger partial charge in [0.05, 0.1) is 10.5 Å². The predicted octanol–water partition coefficient (Wildman–Crippen LogP) is 4.00. The van der Waals surface area contributed by atoms with Gasteiger partial charge in [0, 0.05) is 12.6 Å². The number of aromatic nitrogens is 2. The quantitative estimate of drug-likeness (QED) is 0.712. The Morgan fingerprint density at radius 3 is 2.41 bits per heavy atom. The predicted molar refractivity (Wildman–Crippen MR) is 89.1 cm³/mol. The minimum absolute atomic E-state index is 0.221. The highest BCUT2D eigenvalue weighted by atomic mass is 79.9. The van der Waals surface area contributed by atoms with Crippen molar-refractivity contribution in [3.8, 4) is 22.8 Å². The highest BCUT2D eigenvalue weighted by Gasteiger charge is 2.13. The van der Waals surface area contributed by atoms with Gasteiger partial charge in [0.2, 0.25) is 0 Å². The summed E-state index contributed by atoms with van der Waals surface area (Å²) >= 11 is 3.44. The summed E-state index contributed by atoms with van der Waals surface area (Å²) in [5.74, 6) is 1.07. The fourth-order valence-corrected chi connectivity index (χ4v) is 2.41. The molecule has 22 heavy (non-hydrogen) atoms. The van der Waals surface area contributed by atoms with Crippen LogP contribution in [0.25, 0.3) is 11.3 Å². The summed E-state index contributed by atoms with van der Waals surface area (Å²) in [5, 5.41) is 4.33. The van der Waals surface area contributed by atoms with Crippen LogP contribution >= 0.6 is 15.9 Å². The van der Waals surface area contributed by atoms with Crippen molar-refractivity contribution in [3.63, 3.8) is 0 Å². The molecule has 0 aliphatic rings. The third-order valence-corrected chi connectivity index (χ3v) is 3.82. The topological polar surface area (TPSA) is 44.1 Å². The first-order valence-corrected chi connectivity index (χ1v) is 7.50. The maximum atomic E-state index is 11.9. The summed E-state index contributed by atoms with van der Waals surface area (Å²) < 4.78 is 8.02. The van der Waals surface area contributed by atoms with Crippen LogP contribution in [0.2, 0.25) is 0 Å². The average Bonchev–Trinajstić information content (AvgIpc) is 2.54. The summed E-state index contributed by atoms with van der Waals surface area (Å²) in [4.78, 5) is 11.9. The van der Waals surface area contributed by atoms with Crippen LogP contribution < -0.4 is 10.3 Å². The van der Waals surface area contributed by atoms with E-state index in [1.807, 2.05) is 54.6 Å². The molecule has 0 saturated carbocycles. The van der Waals surface area contributed by atoms with Gasteiger partial charge in [-0.25, -0.2) is 4.68 Å². The number of hydrogen-bond acceptors (Lipinski definition) is 3. The Hall–Kier alpha value is -2.40. The van der Waals surface area contributed by atoms with Crippen molar-refractivity contribution in [1.29, 1.82) is 0 Å². The summed E-state index contributed by atoms with van der Waals surface area (Å²) in [6, 6.07) is 18.6. The van der Waals surface area contributed by atoms with Crippen LogP contribution in [0, 0.1) is 0 Å². The maximum absolute atomic E-state index is 11.9. The van der Waals surface area contributed by atoms with Gasteiger partial charge in [-0.2, -0.15) is 5.10 Å². The fourth-order valence-electron chi connectivity index (χ4n) is 2.04. The second kappa shape index (κ2) is 6.15. The maximum Gasteiger partial charge on any atom is 0.270 e. The molecule has 0 amide bonds. The first-order valence-electron chi connectivity index (χ1n) is 6.71. The van der Waals surface area contributed by atoms with E-state index >= 15 is 0 Å². The van der Waals surface area contributed by atoms with Gasteiger partial charge in [0.1, 0.15) is 11.4 Å². The molecule has 0 spiro atoms. The Bertz CT molecular complexity index is 860. The Morgan fingerprint density at radius 1 is 1.00 bits per heavy atom. The van der Waals surface area contributed by atoms with Gasteiger partial charge in [0.25, 0.3) is 5.56 Å².